The molecule has 0 heterocycles. The molecular formula is C13H18O4. The molecule has 0 amide bonds. The van der Waals surface area contributed by atoms with Crippen LogP contribution in [0.5, 0.6) is 0 Å². The first-order chi connectivity index (χ1) is 7.94. The van der Waals surface area contributed by atoms with Crippen molar-refractivity contribution in [3.8, 4) is 0 Å². The summed E-state index contributed by atoms with van der Waals surface area (Å²) < 4.78 is 0. The van der Waals surface area contributed by atoms with E-state index < -0.39 is 11.6 Å². The van der Waals surface area contributed by atoms with E-state index in [0.29, 0.717) is 5.56 Å². The number of aryl methyl sites for hydroxylation is 1. The highest BCUT2D eigenvalue weighted by atomic mass is 17.5. The fraction of sp³-hybridized carbons (Fsp3) is 0.462. The third-order valence-electron chi connectivity index (χ3n) is 2.51. The van der Waals surface area contributed by atoms with Crippen molar-refractivity contribution in [3.05, 3.63) is 35.4 Å². The van der Waals surface area contributed by atoms with Crippen LogP contribution in [-0.4, -0.2) is 11.6 Å². The Bertz CT molecular complexity index is 368. The van der Waals surface area contributed by atoms with Crippen LogP contribution >= 0.6 is 0 Å². The summed E-state index contributed by atoms with van der Waals surface area (Å²) in [6.45, 7) is 7.57. The fourth-order valence-corrected chi connectivity index (χ4v) is 0.937. The number of hydrogen-bond acceptors (Lipinski definition) is 4. The van der Waals surface area contributed by atoms with Gasteiger partial charge in [-0.2, -0.15) is 4.89 Å². The maximum Gasteiger partial charge on any atom is 0.376 e. The predicted molar refractivity (Wildman–Crippen MR) is 63.1 cm³/mol. The summed E-state index contributed by atoms with van der Waals surface area (Å²) in [5.74, 6) is -0.572. The van der Waals surface area contributed by atoms with E-state index in [4.69, 9.17) is 4.89 Å². The van der Waals surface area contributed by atoms with Gasteiger partial charge in [0.2, 0.25) is 0 Å². The molecular weight excluding hydrogens is 220 g/mol. The molecule has 0 bridgehead atoms. The first kappa shape index (κ1) is 13.7. The summed E-state index contributed by atoms with van der Waals surface area (Å²) in [4.78, 5) is 21.0. The lowest BCUT2D eigenvalue weighted by atomic mass is 10.1. The SMILES string of the molecule is CCC(C)(C)OOOC(=O)c1ccc(C)cc1. The molecule has 0 unspecified atom stereocenters. The monoisotopic (exact) mass is 238 g/mol. The van der Waals surface area contributed by atoms with Crippen LogP contribution in [0.15, 0.2) is 24.3 Å². The van der Waals surface area contributed by atoms with E-state index >= 15 is 0 Å². The molecule has 4 heteroatoms. The van der Waals surface area contributed by atoms with Crippen LogP contribution < -0.4 is 0 Å². The number of carbonyl (C=O) groups excluding carboxylic acids is 1. The zero-order valence-corrected chi connectivity index (χ0v) is 10.6. The topological polar surface area (TPSA) is 44.8 Å². The van der Waals surface area contributed by atoms with Crippen LogP contribution in [0.1, 0.15) is 43.1 Å². The molecule has 0 radical (unpaired) electrons. The van der Waals surface area contributed by atoms with E-state index in [0.717, 1.165) is 12.0 Å². The first-order valence-electron chi connectivity index (χ1n) is 5.58. The van der Waals surface area contributed by atoms with Crippen molar-refractivity contribution >= 4 is 5.97 Å². The number of hydrogen-bond donors (Lipinski definition) is 0. The van der Waals surface area contributed by atoms with Crippen molar-refractivity contribution in [2.75, 3.05) is 0 Å². The molecule has 0 saturated heterocycles. The van der Waals surface area contributed by atoms with Crippen molar-refractivity contribution in [2.24, 2.45) is 0 Å². The van der Waals surface area contributed by atoms with Crippen LogP contribution in [0.4, 0.5) is 0 Å². The average molecular weight is 238 g/mol. The molecule has 0 atom stereocenters. The second-order valence-corrected chi connectivity index (χ2v) is 4.50. The van der Waals surface area contributed by atoms with E-state index in [1.165, 1.54) is 0 Å². The van der Waals surface area contributed by atoms with Gasteiger partial charge in [-0.05, 0) is 44.4 Å². The molecule has 0 saturated carbocycles. The van der Waals surface area contributed by atoms with Gasteiger partial charge in [0.15, 0.2) is 0 Å². The Labute approximate surface area is 101 Å². The van der Waals surface area contributed by atoms with Gasteiger partial charge >= 0.3 is 5.97 Å². The first-order valence-corrected chi connectivity index (χ1v) is 5.58. The second kappa shape index (κ2) is 5.80. The molecule has 0 aliphatic heterocycles. The largest absolute Gasteiger partial charge is 0.376 e. The van der Waals surface area contributed by atoms with E-state index in [9.17, 15) is 4.79 Å². The molecule has 1 aromatic carbocycles. The van der Waals surface area contributed by atoms with Crippen LogP contribution in [0, 0.1) is 6.92 Å². The van der Waals surface area contributed by atoms with E-state index in [-0.39, 0.29) is 0 Å². The molecule has 1 aromatic rings. The highest BCUT2D eigenvalue weighted by molar-refractivity contribution is 5.88. The predicted octanol–water partition coefficient (Wildman–Crippen LogP) is 3.20. The van der Waals surface area contributed by atoms with Crippen molar-refractivity contribution in [3.63, 3.8) is 0 Å². The molecule has 0 spiro atoms. The Balaban J connectivity index is 2.43. The van der Waals surface area contributed by atoms with E-state index in [2.05, 4.69) is 9.93 Å². The minimum absolute atomic E-state index is 0.425. The van der Waals surface area contributed by atoms with Gasteiger partial charge in [-0.15, -0.1) is 0 Å². The maximum atomic E-state index is 11.5. The average Bonchev–Trinajstić information content (AvgIpc) is 2.29. The lowest BCUT2D eigenvalue weighted by molar-refractivity contribution is -0.512. The zero-order chi connectivity index (χ0) is 12.9. The summed E-state index contributed by atoms with van der Waals surface area (Å²) in [5, 5.41) is 4.49. The van der Waals surface area contributed by atoms with E-state index in [1.54, 1.807) is 12.1 Å². The van der Waals surface area contributed by atoms with Gasteiger partial charge in [-0.1, -0.05) is 24.6 Å². The summed E-state index contributed by atoms with van der Waals surface area (Å²) in [7, 11) is 0. The third kappa shape index (κ3) is 4.54. The Morgan fingerprint density at radius 1 is 1.24 bits per heavy atom. The van der Waals surface area contributed by atoms with Gasteiger partial charge in [0, 0.05) is 0 Å². The minimum Gasteiger partial charge on any atom is -0.263 e. The van der Waals surface area contributed by atoms with Gasteiger partial charge in [-0.25, -0.2) is 4.79 Å². The van der Waals surface area contributed by atoms with E-state index in [1.807, 2.05) is 39.8 Å². The third-order valence-corrected chi connectivity index (χ3v) is 2.51. The molecule has 94 valence electrons. The quantitative estimate of drug-likeness (QED) is 0.583. The summed E-state index contributed by atoms with van der Waals surface area (Å²) >= 11 is 0. The second-order valence-electron chi connectivity index (χ2n) is 4.50. The molecule has 0 aromatic heterocycles. The van der Waals surface area contributed by atoms with Crippen molar-refractivity contribution in [1.29, 1.82) is 0 Å². The molecule has 0 N–H and O–H groups in total. The van der Waals surface area contributed by atoms with Crippen LogP contribution in [-0.2, 0) is 14.8 Å². The maximum absolute atomic E-state index is 11.5. The number of benzene rings is 1. The van der Waals surface area contributed by atoms with Gasteiger partial charge < -0.3 is 0 Å². The number of rotatable bonds is 5. The molecule has 0 aliphatic rings. The summed E-state index contributed by atoms with van der Waals surface area (Å²) in [6, 6.07) is 7.00. The smallest absolute Gasteiger partial charge is 0.263 e. The minimum atomic E-state index is -0.572. The van der Waals surface area contributed by atoms with Gasteiger partial charge in [0.1, 0.15) is 5.60 Å². The fourth-order valence-electron chi connectivity index (χ4n) is 0.937. The molecule has 4 nitrogen and oxygen atoms in total. The molecule has 17 heavy (non-hydrogen) atoms. The summed E-state index contributed by atoms with van der Waals surface area (Å²) in [6.07, 6.45) is 0.745. The Kier molecular flexibility index (Phi) is 4.66. The standard InChI is InChI=1S/C13H18O4/c1-5-13(3,4)16-17-15-12(14)11-8-6-10(2)7-9-11/h6-9H,5H2,1-4H3. The number of carbonyl (C=O) groups is 1. The van der Waals surface area contributed by atoms with Gasteiger partial charge in [0.05, 0.1) is 5.56 Å². The van der Waals surface area contributed by atoms with Crippen molar-refractivity contribution in [2.45, 2.75) is 39.7 Å². The van der Waals surface area contributed by atoms with Crippen LogP contribution in [0.25, 0.3) is 0 Å². The Hall–Kier alpha value is -1.39. The Morgan fingerprint density at radius 2 is 1.82 bits per heavy atom. The lowest BCUT2D eigenvalue weighted by Gasteiger charge is -2.19. The summed E-state index contributed by atoms with van der Waals surface area (Å²) in [5.41, 5.74) is 1.02. The van der Waals surface area contributed by atoms with Gasteiger partial charge in [-0.3, -0.25) is 4.89 Å². The highest BCUT2D eigenvalue weighted by Gasteiger charge is 2.19. The molecule has 1 rings (SSSR count). The molecule has 0 aliphatic carbocycles. The van der Waals surface area contributed by atoms with Crippen molar-refractivity contribution < 1.29 is 19.6 Å². The zero-order valence-electron chi connectivity index (χ0n) is 10.6. The Morgan fingerprint density at radius 3 is 2.35 bits per heavy atom. The highest BCUT2D eigenvalue weighted by Crippen LogP contribution is 2.14. The van der Waals surface area contributed by atoms with Crippen molar-refractivity contribution in [1.82, 2.24) is 0 Å². The lowest BCUT2D eigenvalue weighted by Crippen LogP contribution is -2.24. The van der Waals surface area contributed by atoms with Gasteiger partial charge in [0.25, 0.3) is 0 Å². The van der Waals surface area contributed by atoms with Crippen LogP contribution in [0.3, 0.4) is 0 Å². The van der Waals surface area contributed by atoms with Crippen LogP contribution in [0.2, 0.25) is 0 Å². The normalized spacial score (nSPS) is 11.3. The molecule has 0 fully saturated rings.